The van der Waals surface area contributed by atoms with Crippen molar-refractivity contribution in [1.29, 1.82) is 0 Å². The van der Waals surface area contributed by atoms with Gasteiger partial charge >= 0.3 is 0 Å². The van der Waals surface area contributed by atoms with Crippen LogP contribution in [0.2, 0.25) is 0 Å². The fourth-order valence-electron chi connectivity index (χ4n) is 2.45. The number of anilines is 2. The molecule has 7 heteroatoms. The second-order valence-corrected chi connectivity index (χ2v) is 5.60. The topological polar surface area (TPSA) is 75.4 Å². The van der Waals surface area contributed by atoms with Crippen molar-refractivity contribution in [2.75, 3.05) is 30.3 Å². The first-order valence-electron chi connectivity index (χ1n) is 7.39. The minimum atomic E-state index is -0.279. The summed E-state index contributed by atoms with van der Waals surface area (Å²) < 4.78 is 12.9. The maximum Gasteiger partial charge on any atom is 0.242 e. The van der Waals surface area contributed by atoms with Crippen LogP contribution in [0.15, 0.2) is 30.5 Å². The Labute approximate surface area is 133 Å². The highest BCUT2D eigenvalue weighted by molar-refractivity contribution is 5.82. The Bertz CT molecular complexity index is 719. The first-order valence-corrected chi connectivity index (χ1v) is 7.39. The van der Waals surface area contributed by atoms with Gasteiger partial charge in [0.15, 0.2) is 0 Å². The van der Waals surface area contributed by atoms with Crippen LogP contribution in [0.4, 0.5) is 16.2 Å². The van der Waals surface area contributed by atoms with E-state index >= 15 is 0 Å². The number of hydrogen-bond donors (Lipinski definition) is 1. The molecular formula is C16H18FN5O. The number of rotatable bonds is 3. The Balaban J connectivity index is 1.66. The molecule has 2 N–H and O–H groups in total. The van der Waals surface area contributed by atoms with Gasteiger partial charge in [-0.25, -0.2) is 9.37 Å². The van der Waals surface area contributed by atoms with Gasteiger partial charge in [0.25, 0.3) is 0 Å². The van der Waals surface area contributed by atoms with Gasteiger partial charge in [-0.2, -0.15) is 4.98 Å². The van der Waals surface area contributed by atoms with Gasteiger partial charge in [-0.1, -0.05) is 12.1 Å². The molecule has 1 aliphatic rings. The van der Waals surface area contributed by atoms with Gasteiger partial charge in [0.2, 0.25) is 11.9 Å². The van der Waals surface area contributed by atoms with Gasteiger partial charge < -0.3 is 15.5 Å². The van der Waals surface area contributed by atoms with E-state index in [0.29, 0.717) is 31.4 Å². The summed E-state index contributed by atoms with van der Waals surface area (Å²) in [5, 5.41) is 0. The summed E-state index contributed by atoms with van der Waals surface area (Å²) in [6, 6.07) is 6.19. The molecule has 1 saturated heterocycles. The lowest BCUT2D eigenvalue weighted by molar-refractivity contribution is -0.131. The first kappa shape index (κ1) is 15.2. The molecule has 0 saturated carbocycles. The number of nitrogen functional groups attached to an aromatic ring is 1. The number of aryl methyl sites for hydroxylation is 1. The summed E-state index contributed by atoms with van der Waals surface area (Å²) in [4.78, 5) is 24.4. The SMILES string of the molecule is Cc1cnc(N2CCN(Cc3ccc(F)cc3)C(=O)C2)nc1N. The number of nitrogens with two attached hydrogens (primary N) is 1. The van der Waals surface area contributed by atoms with E-state index in [9.17, 15) is 9.18 Å². The molecule has 1 aromatic heterocycles. The van der Waals surface area contributed by atoms with E-state index in [1.807, 2.05) is 11.8 Å². The minimum Gasteiger partial charge on any atom is -0.383 e. The quantitative estimate of drug-likeness (QED) is 0.925. The highest BCUT2D eigenvalue weighted by atomic mass is 19.1. The highest BCUT2D eigenvalue weighted by Gasteiger charge is 2.25. The van der Waals surface area contributed by atoms with E-state index in [2.05, 4.69) is 9.97 Å². The average molecular weight is 315 g/mol. The second-order valence-electron chi connectivity index (χ2n) is 5.60. The Morgan fingerprint density at radius 2 is 2.00 bits per heavy atom. The molecule has 0 bridgehead atoms. The molecule has 120 valence electrons. The van der Waals surface area contributed by atoms with Gasteiger partial charge in [0.1, 0.15) is 18.2 Å². The monoisotopic (exact) mass is 315 g/mol. The van der Waals surface area contributed by atoms with Crippen LogP contribution in [0, 0.1) is 12.7 Å². The van der Waals surface area contributed by atoms with E-state index in [4.69, 9.17) is 5.73 Å². The number of benzene rings is 1. The maximum absolute atomic E-state index is 12.9. The van der Waals surface area contributed by atoms with Gasteiger partial charge in [0, 0.05) is 31.4 Å². The van der Waals surface area contributed by atoms with Crippen LogP contribution in [0.25, 0.3) is 0 Å². The Morgan fingerprint density at radius 1 is 1.26 bits per heavy atom. The zero-order chi connectivity index (χ0) is 16.4. The normalized spacial score (nSPS) is 15.1. The third-order valence-corrected chi connectivity index (χ3v) is 3.89. The molecular weight excluding hydrogens is 297 g/mol. The maximum atomic E-state index is 12.9. The van der Waals surface area contributed by atoms with Gasteiger partial charge in [-0.3, -0.25) is 4.79 Å². The first-order chi connectivity index (χ1) is 11.0. The van der Waals surface area contributed by atoms with Crippen LogP contribution in [-0.2, 0) is 11.3 Å². The number of carbonyl (C=O) groups excluding carboxylic acids is 1. The molecule has 0 unspecified atom stereocenters. The molecule has 0 atom stereocenters. The van der Waals surface area contributed by atoms with Crippen molar-refractivity contribution < 1.29 is 9.18 Å². The highest BCUT2D eigenvalue weighted by Crippen LogP contribution is 2.16. The van der Waals surface area contributed by atoms with Crippen LogP contribution in [0.1, 0.15) is 11.1 Å². The molecule has 23 heavy (non-hydrogen) atoms. The number of nitrogens with zero attached hydrogens (tertiary/aromatic N) is 4. The lowest BCUT2D eigenvalue weighted by atomic mass is 10.2. The zero-order valence-corrected chi connectivity index (χ0v) is 12.9. The predicted molar refractivity (Wildman–Crippen MR) is 85.2 cm³/mol. The number of aromatic nitrogens is 2. The summed E-state index contributed by atoms with van der Waals surface area (Å²) in [6.07, 6.45) is 1.66. The molecule has 0 aliphatic carbocycles. The van der Waals surface area contributed by atoms with Crippen LogP contribution >= 0.6 is 0 Å². The van der Waals surface area contributed by atoms with Crippen molar-refractivity contribution >= 4 is 17.7 Å². The molecule has 6 nitrogen and oxygen atoms in total. The number of halogens is 1. The molecule has 1 aromatic carbocycles. The zero-order valence-electron chi connectivity index (χ0n) is 12.9. The van der Waals surface area contributed by atoms with Crippen LogP contribution in [0.3, 0.4) is 0 Å². The smallest absolute Gasteiger partial charge is 0.242 e. The molecule has 1 amide bonds. The van der Waals surface area contributed by atoms with E-state index < -0.39 is 0 Å². The molecule has 0 radical (unpaired) electrons. The summed E-state index contributed by atoms with van der Waals surface area (Å²) in [6.45, 7) is 3.72. The lowest BCUT2D eigenvalue weighted by Gasteiger charge is -2.34. The fraction of sp³-hybridized carbons (Fsp3) is 0.312. The van der Waals surface area contributed by atoms with Crippen molar-refractivity contribution in [1.82, 2.24) is 14.9 Å². The molecule has 1 fully saturated rings. The number of piperazine rings is 1. The molecule has 3 rings (SSSR count). The van der Waals surface area contributed by atoms with E-state index in [1.54, 1.807) is 23.2 Å². The predicted octanol–water partition coefficient (Wildman–Crippen LogP) is 1.36. The molecule has 2 heterocycles. The van der Waals surface area contributed by atoms with Crippen molar-refractivity contribution in [2.24, 2.45) is 0 Å². The third kappa shape index (κ3) is 3.39. The van der Waals surface area contributed by atoms with Crippen LogP contribution < -0.4 is 10.6 Å². The van der Waals surface area contributed by atoms with Crippen LogP contribution in [-0.4, -0.2) is 40.4 Å². The Hall–Kier alpha value is -2.70. The molecule has 2 aromatic rings. The third-order valence-electron chi connectivity index (χ3n) is 3.89. The average Bonchev–Trinajstić information content (AvgIpc) is 2.54. The van der Waals surface area contributed by atoms with E-state index in [-0.39, 0.29) is 18.3 Å². The fourth-order valence-corrected chi connectivity index (χ4v) is 2.45. The standard InChI is InChI=1S/C16H18FN5O/c1-11-8-19-16(20-15(11)18)22-7-6-21(14(23)10-22)9-12-2-4-13(17)5-3-12/h2-5,8H,6-7,9-10H2,1H3,(H2,18,19,20). The lowest BCUT2D eigenvalue weighted by Crippen LogP contribution is -2.50. The van der Waals surface area contributed by atoms with Crippen molar-refractivity contribution in [3.63, 3.8) is 0 Å². The number of hydrogen-bond acceptors (Lipinski definition) is 5. The van der Waals surface area contributed by atoms with E-state index in [0.717, 1.165) is 11.1 Å². The summed E-state index contributed by atoms with van der Waals surface area (Å²) in [7, 11) is 0. The Morgan fingerprint density at radius 3 is 2.65 bits per heavy atom. The van der Waals surface area contributed by atoms with Gasteiger partial charge in [-0.15, -0.1) is 0 Å². The van der Waals surface area contributed by atoms with Gasteiger partial charge in [0.05, 0.1) is 0 Å². The molecule has 1 aliphatic heterocycles. The number of carbonyl (C=O) groups is 1. The van der Waals surface area contributed by atoms with Crippen molar-refractivity contribution in [3.05, 3.63) is 47.4 Å². The largest absolute Gasteiger partial charge is 0.383 e. The van der Waals surface area contributed by atoms with E-state index in [1.165, 1.54) is 12.1 Å². The second kappa shape index (κ2) is 6.20. The van der Waals surface area contributed by atoms with Crippen molar-refractivity contribution in [2.45, 2.75) is 13.5 Å². The summed E-state index contributed by atoms with van der Waals surface area (Å²) in [5.41, 5.74) is 7.52. The number of amides is 1. The van der Waals surface area contributed by atoms with Crippen LogP contribution in [0.5, 0.6) is 0 Å². The summed E-state index contributed by atoms with van der Waals surface area (Å²) in [5.74, 6) is 0.612. The Kier molecular flexibility index (Phi) is 4.10. The molecule has 0 spiro atoms. The minimum absolute atomic E-state index is 0.0108. The summed E-state index contributed by atoms with van der Waals surface area (Å²) >= 11 is 0. The van der Waals surface area contributed by atoms with Gasteiger partial charge in [-0.05, 0) is 24.6 Å². The van der Waals surface area contributed by atoms with Crippen molar-refractivity contribution in [3.8, 4) is 0 Å².